The fourth-order valence-corrected chi connectivity index (χ4v) is 1.74. The molecular weight excluding hydrogens is 144 g/mol. The lowest BCUT2D eigenvalue weighted by atomic mass is 10.2. The number of rotatable bonds is 2. The molecule has 0 aliphatic carbocycles. The van der Waals surface area contributed by atoms with Gasteiger partial charge in [-0.25, -0.2) is 0 Å². The molecule has 1 saturated heterocycles. The maximum atomic E-state index is 4.39. The van der Waals surface area contributed by atoms with Crippen LogP contribution in [0.15, 0.2) is 0 Å². The van der Waals surface area contributed by atoms with E-state index in [-0.39, 0.29) is 0 Å². The Kier molecular flexibility index (Phi) is 3.01. The van der Waals surface area contributed by atoms with E-state index < -0.39 is 0 Å². The number of nitrogens with zero attached hydrogens (tertiary/aromatic N) is 1. The van der Waals surface area contributed by atoms with Crippen molar-refractivity contribution in [3.8, 4) is 0 Å². The third-order valence-electron chi connectivity index (χ3n) is 1.78. The standard InChI is InChI=1S/C7H16N2S/c1-9(2)5-6-3-7(10)4-8-6/h6-8,10H,3-5H2,1-2H3. The van der Waals surface area contributed by atoms with Crippen LogP contribution in [0.4, 0.5) is 0 Å². The lowest BCUT2D eigenvalue weighted by Crippen LogP contribution is -2.33. The molecule has 0 radical (unpaired) electrons. The van der Waals surface area contributed by atoms with Gasteiger partial charge in [0.1, 0.15) is 0 Å². The van der Waals surface area contributed by atoms with Crippen LogP contribution < -0.4 is 5.32 Å². The monoisotopic (exact) mass is 160 g/mol. The molecule has 1 heterocycles. The first kappa shape index (κ1) is 8.37. The molecule has 1 fully saturated rings. The van der Waals surface area contributed by atoms with Crippen LogP contribution >= 0.6 is 12.6 Å². The van der Waals surface area contributed by atoms with Crippen LogP contribution in [0.25, 0.3) is 0 Å². The number of nitrogens with one attached hydrogen (secondary N) is 1. The van der Waals surface area contributed by atoms with Crippen molar-refractivity contribution in [3.63, 3.8) is 0 Å². The van der Waals surface area contributed by atoms with Crippen molar-refractivity contribution in [3.05, 3.63) is 0 Å². The smallest absolute Gasteiger partial charge is 0.0206 e. The first-order chi connectivity index (χ1) is 4.68. The van der Waals surface area contributed by atoms with Gasteiger partial charge in [0.15, 0.2) is 0 Å². The van der Waals surface area contributed by atoms with Gasteiger partial charge in [-0.3, -0.25) is 0 Å². The van der Waals surface area contributed by atoms with Crippen LogP contribution in [-0.4, -0.2) is 43.4 Å². The molecule has 1 aliphatic rings. The second kappa shape index (κ2) is 3.60. The Morgan fingerprint density at radius 1 is 1.60 bits per heavy atom. The van der Waals surface area contributed by atoms with E-state index in [2.05, 4.69) is 36.9 Å². The minimum absolute atomic E-state index is 0.574. The van der Waals surface area contributed by atoms with Crippen molar-refractivity contribution in [2.24, 2.45) is 0 Å². The fourth-order valence-electron chi connectivity index (χ4n) is 1.38. The highest BCUT2D eigenvalue weighted by Crippen LogP contribution is 2.11. The van der Waals surface area contributed by atoms with Crippen molar-refractivity contribution in [2.75, 3.05) is 27.2 Å². The van der Waals surface area contributed by atoms with Crippen molar-refractivity contribution in [2.45, 2.75) is 17.7 Å². The van der Waals surface area contributed by atoms with Gasteiger partial charge in [0.2, 0.25) is 0 Å². The Bertz CT molecular complexity index is 106. The molecule has 1 rings (SSSR count). The molecular formula is C7H16N2S. The summed E-state index contributed by atoms with van der Waals surface area (Å²) in [6.45, 7) is 2.21. The van der Waals surface area contributed by atoms with Crippen LogP contribution in [0, 0.1) is 0 Å². The van der Waals surface area contributed by atoms with Crippen molar-refractivity contribution in [1.29, 1.82) is 0 Å². The molecule has 60 valence electrons. The van der Waals surface area contributed by atoms with Gasteiger partial charge in [0, 0.05) is 24.4 Å². The molecule has 2 nitrogen and oxygen atoms in total. The maximum Gasteiger partial charge on any atom is 0.0206 e. The summed E-state index contributed by atoms with van der Waals surface area (Å²) in [4.78, 5) is 2.21. The molecule has 0 aromatic heterocycles. The average Bonchev–Trinajstić information content (AvgIpc) is 2.13. The summed E-state index contributed by atoms with van der Waals surface area (Å²) < 4.78 is 0. The predicted octanol–water partition coefficient (Wildman–Crippen LogP) is 0.208. The van der Waals surface area contributed by atoms with E-state index in [0.29, 0.717) is 11.3 Å². The summed E-state index contributed by atoms with van der Waals surface area (Å²) in [5, 5.41) is 3.99. The first-order valence-electron chi connectivity index (χ1n) is 3.74. The summed E-state index contributed by atoms with van der Waals surface area (Å²) in [5.74, 6) is 0. The van der Waals surface area contributed by atoms with Gasteiger partial charge < -0.3 is 10.2 Å². The molecule has 0 amide bonds. The largest absolute Gasteiger partial charge is 0.312 e. The summed E-state index contributed by atoms with van der Waals surface area (Å²) in [6, 6.07) is 0.664. The SMILES string of the molecule is CN(C)CC1CC(S)CN1. The van der Waals surface area contributed by atoms with Gasteiger partial charge in [0.05, 0.1) is 0 Å². The van der Waals surface area contributed by atoms with Crippen LogP contribution in [-0.2, 0) is 0 Å². The van der Waals surface area contributed by atoms with Crippen LogP contribution in [0.2, 0.25) is 0 Å². The highest BCUT2D eigenvalue weighted by atomic mass is 32.1. The van der Waals surface area contributed by atoms with E-state index in [0.717, 1.165) is 13.1 Å². The van der Waals surface area contributed by atoms with E-state index in [1.165, 1.54) is 6.42 Å². The number of hydrogen-bond donors (Lipinski definition) is 2. The van der Waals surface area contributed by atoms with Gasteiger partial charge in [-0.2, -0.15) is 12.6 Å². The normalized spacial score (nSPS) is 33.6. The summed E-state index contributed by atoms with van der Waals surface area (Å²) in [6.07, 6.45) is 1.21. The van der Waals surface area contributed by atoms with Crippen molar-refractivity contribution in [1.82, 2.24) is 10.2 Å². The molecule has 2 atom stereocenters. The zero-order valence-corrected chi connectivity index (χ0v) is 7.56. The fraction of sp³-hybridized carbons (Fsp3) is 1.00. The molecule has 0 aromatic rings. The zero-order valence-electron chi connectivity index (χ0n) is 6.67. The molecule has 1 N–H and O–H groups in total. The highest BCUT2D eigenvalue weighted by molar-refractivity contribution is 7.81. The summed E-state index contributed by atoms with van der Waals surface area (Å²) >= 11 is 4.39. The van der Waals surface area contributed by atoms with Crippen LogP contribution in [0.5, 0.6) is 0 Å². The van der Waals surface area contributed by atoms with Crippen molar-refractivity contribution < 1.29 is 0 Å². The maximum absolute atomic E-state index is 4.39. The minimum Gasteiger partial charge on any atom is -0.312 e. The Labute approximate surface area is 68.4 Å². The molecule has 2 unspecified atom stereocenters. The first-order valence-corrected chi connectivity index (χ1v) is 4.26. The van der Waals surface area contributed by atoms with E-state index in [1.54, 1.807) is 0 Å². The van der Waals surface area contributed by atoms with Crippen LogP contribution in [0.1, 0.15) is 6.42 Å². The highest BCUT2D eigenvalue weighted by Gasteiger charge is 2.20. The summed E-state index contributed by atoms with van der Waals surface area (Å²) in [5.41, 5.74) is 0. The Balaban J connectivity index is 2.18. The van der Waals surface area contributed by atoms with Gasteiger partial charge in [0.25, 0.3) is 0 Å². The molecule has 0 aromatic carbocycles. The number of hydrogen-bond acceptors (Lipinski definition) is 3. The Morgan fingerprint density at radius 3 is 2.70 bits per heavy atom. The molecule has 0 bridgehead atoms. The van der Waals surface area contributed by atoms with E-state index in [9.17, 15) is 0 Å². The molecule has 3 heteroatoms. The minimum atomic E-state index is 0.574. The lowest BCUT2D eigenvalue weighted by Gasteiger charge is -2.15. The van der Waals surface area contributed by atoms with Gasteiger partial charge in [-0.1, -0.05) is 0 Å². The molecule has 0 spiro atoms. The molecule has 1 aliphatic heterocycles. The van der Waals surface area contributed by atoms with Gasteiger partial charge >= 0.3 is 0 Å². The average molecular weight is 160 g/mol. The van der Waals surface area contributed by atoms with E-state index in [4.69, 9.17) is 0 Å². The summed E-state index contributed by atoms with van der Waals surface area (Å²) in [7, 11) is 4.21. The van der Waals surface area contributed by atoms with Crippen LogP contribution in [0.3, 0.4) is 0 Å². The van der Waals surface area contributed by atoms with E-state index in [1.807, 2.05) is 0 Å². The van der Waals surface area contributed by atoms with Crippen molar-refractivity contribution >= 4 is 12.6 Å². The third-order valence-corrected chi connectivity index (χ3v) is 2.18. The third kappa shape index (κ3) is 2.48. The number of thiol groups is 1. The molecule has 0 saturated carbocycles. The quantitative estimate of drug-likeness (QED) is 0.561. The lowest BCUT2D eigenvalue weighted by molar-refractivity contribution is 0.357. The number of likely N-dealkylation sites (N-methyl/N-ethyl adjacent to an activating group) is 1. The predicted molar refractivity (Wildman–Crippen MR) is 47.7 cm³/mol. The zero-order chi connectivity index (χ0) is 7.56. The van der Waals surface area contributed by atoms with Gasteiger partial charge in [-0.15, -0.1) is 0 Å². The Morgan fingerprint density at radius 2 is 2.30 bits per heavy atom. The second-order valence-corrected chi connectivity index (χ2v) is 3.99. The van der Waals surface area contributed by atoms with Gasteiger partial charge in [-0.05, 0) is 20.5 Å². The Hall–Kier alpha value is 0.270. The molecule has 10 heavy (non-hydrogen) atoms. The second-order valence-electron chi connectivity index (χ2n) is 3.26. The topological polar surface area (TPSA) is 15.3 Å². The van der Waals surface area contributed by atoms with E-state index >= 15 is 0 Å².